The summed E-state index contributed by atoms with van der Waals surface area (Å²) in [5.74, 6) is 0.215. The van der Waals surface area contributed by atoms with Crippen molar-refractivity contribution in [2.75, 3.05) is 24.3 Å². The molecule has 0 aliphatic rings. The Hall–Kier alpha value is -0.990. The normalized spacial score (nSPS) is 13.6. The van der Waals surface area contributed by atoms with Gasteiger partial charge in [0.25, 0.3) is 0 Å². The van der Waals surface area contributed by atoms with Crippen molar-refractivity contribution >= 4 is 26.6 Å². The Labute approximate surface area is 96.8 Å². The summed E-state index contributed by atoms with van der Waals surface area (Å²) in [5, 5.41) is 0. The molecule has 0 amide bonds. The Balaban J connectivity index is 2.79. The Kier molecular flexibility index (Phi) is 4.39. The van der Waals surface area contributed by atoms with E-state index in [1.807, 2.05) is 0 Å². The molecule has 0 aliphatic carbocycles. The molecule has 0 saturated carbocycles. The molecule has 1 aromatic rings. The number of nitrogens with zero attached hydrogens (tertiary/aromatic N) is 1. The molecule has 90 valence electrons. The van der Waals surface area contributed by atoms with Crippen molar-refractivity contribution in [3.05, 3.63) is 18.3 Å². The molecule has 6 nitrogen and oxygen atoms in total. The number of aromatic nitrogens is 1. The van der Waals surface area contributed by atoms with Gasteiger partial charge in [0.05, 0.1) is 0 Å². The third-order valence-corrected chi connectivity index (χ3v) is 4.06. The summed E-state index contributed by atoms with van der Waals surface area (Å²) < 4.78 is 36.5. The van der Waals surface area contributed by atoms with Gasteiger partial charge in [-0.3, -0.25) is 4.21 Å². The van der Waals surface area contributed by atoms with Gasteiger partial charge in [-0.25, -0.2) is 18.1 Å². The highest BCUT2D eigenvalue weighted by atomic mass is 32.2. The van der Waals surface area contributed by atoms with E-state index in [-0.39, 0.29) is 23.0 Å². The van der Waals surface area contributed by atoms with Gasteiger partial charge in [0, 0.05) is 35.5 Å². The molecule has 0 saturated heterocycles. The van der Waals surface area contributed by atoms with E-state index in [1.54, 1.807) is 0 Å². The zero-order valence-electron chi connectivity index (χ0n) is 8.71. The second-order valence-corrected chi connectivity index (χ2v) is 6.35. The monoisotopic (exact) mass is 263 g/mol. The minimum Gasteiger partial charge on any atom is -0.383 e. The minimum atomic E-state index is -3.66. The lowest BCUT2D eigenvalue weighted by Gasteiger charge is -2.07. The Morgan fingerprint density at radius 3 is 2.81 bits per heavy atom. The first-order chi connectivity index (χ1) is 7.43. The van der Waals surface area contributed by atoms with Crippen molar-refractivity contribution in [2.45, 2.75) is 4.90 Å². The predicted molar refractivity (Wildman–Crippen MR) is 62.8 cm³/mol. The second-order valence-electron chi connectivity index (χ2n) is 3.06. The maximum absolute atomic E-state index is 11.7. The van der Waals surface area contributed by atoms with Crippen LogP contribution in [0.4, 0.5) is 5.82 Å². The third-order valence-electron chi connectivity index (χ3n) is 1.77. The van der Waals surface area contributed by atoms with Crippen molar-refractivity contribution in [3.63, 3.8) is 0 Å². The van der Waals surface area contributed by atoms with Crippen LogP contribution in [-0.2, 0) is 20.8 Å². The number of rotatable bonds is 5. The number of sulfonamides is 1. The van der Waals surface area contributed by atoms with Gasteiger partial charge < -0.3 is 5.73 Å². The smallest absolute Gasteiger partial charge is 0.244 e. The topological polar surface area (TPSA) is 102 Å². The number of hydrogen-bond acceptors (Lipinski definition) is 5. The lowest BCUT2D eigenvalue weighted by molar-refractivity contribution is 0.584. The van der Waals surface area contributed by atoms with Crippen LogP contribution in [0.5, 0.6) is 0 Å². The van der Waals surface area contributed by atoms with Crippen LogP contribution in [0.15, 0.2) is 23.2 Å². The number of hydrogen-bond donors (Lipinski definition) is 2. The van der Waals surface area contributed by atoms with E-state index >= 15 is 0 Å². The maximum Gasteiger partial charge on any atom is 0.244 e. The van der Waals surface area contributed by atoms with Crippen molar-refractivity contribution in [1.82, 2.24) is 9.71 Å². The van der Waals surface area contributed by atoms with Crippen molar-refractivity contribution in [1.29, 1.82) is 0 Å². The molecule has 16 heavy (non-hydrogen) atoms. The SMILES string of the molecule is CS(=O)CCNS(=O)(=O)c1cccnc1N. The summed E-state index contributed by atoms with van der Waals surface area (Å²) in [7, 11) is -4.69. The van der Waals surface area contributed by atoms with Crippen LogP contribution in [0.25, 0.3) is 0 Å². The average molecular weight is 263 g/mol. The Morgan fingerprint density at radius 2 is 2.25 bits per heavy atom. The highest BCUT2D eigenvalue weighted by Crippen LogP contribution is 2.13. The van der Waals surface area contributed by atoms with Crippen molar-refractivity contribution in [2.24, 2.45) is 0 Å². The van der Waals surface area contributed by atoms with Gasteiger partial charge in [0.2, 0.25) is 10.0 Å². The average Bonchev–Trinajstić information content (AvgIpc) is 2.17. The van der Waals surface area contributed by atoms with E-state index in [0.29, 0.717) is 0 Å². The van der Waals surface area contributed by atoms with Crippen LogP contribution in [0.2, 0.25) is 0 Å². The highest BCUT2D eigenvalue weighted by molar-refractivity contribution is 7.89. The second kappa shape index (κ2) is 5.37. The molecule has 0 bridgehead atoms. The Morgan fingerprint density at radius 1 is 1.56 bits per heavy atom. The molecule has 3 N–H and O–H groups in total. The molecular weight excluding hydrogens is 250 g/mol. The quantitative estimate of drug-likeness (QED) is 0.733. The van der Waals surface area contributed by atoms with Gasteiger partial charge in [-0.05, 0) is 12.1 Å². The van der Waals surface area contributed by atoms with Crippen molar-refractivity contribution in [3.8, 4) is 0 Å². The van der Waals surface area contributed by atoms with E-state index < -0.39 is 20.8 Å². The molecule has 0 fully saturated rings. The molecule has 1 unspecified atom stereocenters. The first-order valence-corrected chi connectivity index (χ1v) is 7.64. The fourth-order valence-electron chi connectivity index (χ4n) is 1.03. The zero-order valence-corrected chi connectivity index (χ0v) is 10.3. The van der Waals surface area contributed by atoms with Gasteiger partial charge >= 0.3 is 0 Å². The summed E-state index contributed by atoms with van der Waals surface area (Å²) in [5.41, 5.74) is 5.45. The number of pyridine rings is 1. The van der Waals surface area contributed by atoms with E-state index in [9.17, 15) is 12.6 Å². The minimum absolute atomic E-state index is 0.0485. The van der Waals surface area contributed by atoms with Gasteiger partial charge in [0.1, 0.15) is 10.7 Å². The van der Waals surface area contributed by atoms with Gasteiger partial charge in [-0.1, -0.05) is 0 Å². The van der Waals surface area contributed by atoms with E-state index in [4.69, 9.17) is 5.73 Å². The van der Waals surface area contributed by atoms with Crippen LogP contribution < -0.4 is 10.5 Å². The molecule has 1 atom stereocenters. The molecule has 1 aromatic heterocycles. The summed E-state index contributed by atoms with van der Waals surface area (Å²) in [6.45, 7) is 0.111. The van der Waals surface area contributed by atoms with E-state index in [2.05, 4.69) is 9.71 Å². The Bertz CT molecular complexity index is 487. The van der Waals surface area contributed by atoms with Gasteiger partial charge in [-0.2, -0.15) is 0 Å². The summed E-state index contributed by atoms with van der Waals surface area (Å²) in [4.78, 5) is 3.63. The standard InChI is InChI=1S/C8H13N3O3S2/c1-15(12)6-5-11-16(13,14)7-3-2-4-10-8(7)9/h2-4,11H,5-6H2,1H3,(H2,9,10). The fraction of sp³-hybridized carbons (Fsp3) is 0.375. The zero-order chi connectivity index (χ0) is 12.2. The lowest BCUT2D eigenvalue weighted by Crippen LogP contribution is -2.28. The number of nitrogen functional groups attached to an aromatic ring is 1. The largest absolute Gasteiger partial charge is 0.383 e. The maximum atomic E-state index is 11.7. The molecule has 0 aromatic carbocycles. The molecular formula is C8H13N3O3S2. The first kappa shape index (κ1) is 13.1. The van der Waals surface area contributed by atoms with Crippen LogP contribution in [-0.4, -0.2) is 36.2 Å². The molecule has 0 spiro atoms. The predicted octanol–water partition coefficient (Wildman–Crippen LogP) is -0.679. The van der Waals surface area contributed by atoms with E-state index in [1.165, 1.54) is 24.6 Å². The summed E-state index contributed by atoms with van der Waals surface area (Å²) in [6, 6.07) is 2.86. The number of nitrogens with two attached hydrogens (primary N) is 1. The first-order valence-electron chi connectivity index (χ1n) is 4.43. The third kappa shape index (κ3) is 3.54. The van der Waals surface area contributed by atoms with Gasteiger partial charge in [-0.15, -0.1) is 0 Å². The van der Waals surface area contributed by atoms with E-state index in [0.717, 1.165) is 0 Å². The van der Waals surface area contributed by atoms with Gasteiger partial charge in [0.15, 0.2) is 0 Å². The fourth-order valence-corrected chi connectivity index (χ4v) is 2.66. The molecule has 1 rings (SSSR count). The van der Waals surface area contributed by atoms with Crippen molar-refractivity contribution < 1.29 is 12.6 Å². The van der Waals surface area contributed by atoms with Crippen LogP contribution in [0.1, 0.15) is 0 Å². The number of anilines is 1. The molecule has 1 heterocycles. The molecule has 0 radical (unpaired) electrons. The number of nitrogens with one attached hydrogen (secondary N) is 1. The van der Waals surface area contributed by atoms with Crippen LogP contribution in [0, 0.1) is 0 Å². The van der Waals surface area contributed by atoms with Crippen LogP contribution >= 0.6 is 0 Å². The molecule has 0 aliphatic heterocycles. The highest BCUT2D eigenvalue weighted by Gasteiger charge is 2.16. The molecule has 8 heteroatoms. The summed E-state index contributed by atoms with van der Waals surface area (Å²) in [6.07, 6.45) is 2.92. The summed E-state index contributed by atoms with van der Waals surface area (Å²) >= 11 is 0. The lowest BCUT2D eigenvalue weighted by atomic mass is 10.5. The van der Waals surface area contributed by atoms with Crippen LogP contribution in [0.3, 0.4) is 0 Å².